The Bertz CT molecular complexity index is 1750. The van der Waals surface area contributed by atoms with Gasteiger partial charge in [0.15, 0.2) is 10.7 Å². The van der Waals surface area contributed by atoms with Gasteiger partial charge in [0.1, 0.15) is 23.5 Å². The van der Waals surface area contributed by atoms with E-state index in [0.29, 0.717) is 17.0 Å². The highest BCUT2D eigenvalue weighted by Crippen LogP contribution is 2.29. The number of aromatic amines is 1. The maximum atomic E-state index is 14.3. The monoisotopic (exact) mass is 545 g/mol. The highest BCUT2D eigenvalue weighted by atomic mass is 35.5. The van der Waals surface area contributed by atoms with Crippen LogP contribution >= 0.6 is 23.2 Å². The van der Waals surface area contributed by atoms with Gasteiger partial charge in [-0.15, -0.1) is 0 Å². The van der Waals surface area contributed by atoms with Gasteiger partial charge in [-0.25, -0.2) is 17.8 Å². The molecule has 0 spiro atoms. The molecule has 13 heteroatoms. The summed E-state index contributed by atoms with van der Waals surface area (Å²) < 4.78 is 46.8. The van der Waals surface area contributed by atoms with Crippen molar-refractivity contribution in [3.05, 3.63) is 98.8 Å². The van der Waals surface area contributed by atoms with Crippen molar-refractivity contribution in [2.75, 3.05) is 0 Å². The Kier molecular flexibility index (Phi) is 6.20. The first-order valence-electron chi connectivity index (χ1n) is 10.3. The van der Waals surface area contributed by atoms with E-state index in [4.69, 9.17) is 27.7 Å². The van der Waals surface area contributed by atoms with Crippen molar-refractivity contribution in [3.8, 4) is 22.9 Å². The van der Waals surface area contributed by atoms with Crippen molar-refractivity contribution in [1.29, 1.82) is 0 Å². The van der Waals surface area contributed by atoms with Gasteiger partial charge in [-0.3, -0.25) is 9.48 Å². The lowest BCUT2D eigenvalue weighted by molar-refractivity contribution is 0.421. The minimum Gasteiger partial charge on any atom is -0.364 e. The smallest absolute Gasteiger partial charge is 0.270 e. The molecule has 5 rings (SSSR count). The van der Waals surface area contributed by atoms with Gasteiger partial charge in [-0.1, -0.05) is 46.6 Å². The van der Waals surface area contributed by atoms with Crippen LogP contribution in [-0.4, -0.2) is 33.3 Å². The molecular weight excluding hydrogens is 532 g/mol. The van der Waals surface area contributed by atoms with Gasteiger partial charge in [0.05, 0.1) is 28.4 Å². The van der Waals surface area contributed by atoms with Crippen molar-refractivity contribution < 1.29 is 17.3 Å². The van der Waals surface area contributed by atoms with Crippen LogP contribution < -0.4 is 5.56 Å². The second kappa shape index (κ2) is 9.34. The minimum absolute atomic E-state index is 0.00632. The van der Waals surface area contributed by atoms with Gasteiger partial charge >= 0.3 is 0 Å². The van der Waals surface area contributed by atoms with E-state index in [1.54, 1.807) is 30.3 Å². The lowest BCUT2D eigenvalue weighted by Crippen LogP contribution is -2.19. The van der Waals surface area contributed by atoms with Crippen LogP contribution in [0.4, 0.5) is 4.39 Å². The normalized spacial score (nSPS) is 11.6. The molecule has 0 aliphatic rings. The quantitative estimate of drug-likeness (QED) is 0.330. The first kappa shape index (κ1) is 23.9. The number of nitrogens with one attached hydrogen (secondary N) is 1. The molecule has 182 valence electrons. The van der Waals surface area contributed by atoms with E-state index in [-0.39, 0.29) is 33.0 Å². The second-order valence-corrected chi connectivity index (χ2v) is 10.3. The van der Waals surface area contributed by atoms with Crippen LogP contribution in [0.25, 0.3) is 22.9 Å². The SMILES string of the molecule is O=c1[nH]c(-c2cc(-c3ccon3)n(Cc3ccccc3F)n2)ncc1S(=O)(=O)c1cc(Cl)ccc1Cl. The van der Waals surface area contributed by atoms with E-state index in [2.05, 4.69) is 20.2 Å². The summed E-state index contributed by atoms with van der Waals surface area (Å²) in [6, 6.07) is 13.3. The number of nitrogens with zero attached hydrogens (tertiary/aromatic N) is 4. The summed E-state index contributed by atoms with van der Waals surface area (Å²) in [6.45, 7) is 0.0544. The number of hydrogen-bond acceptors (Lipinski definition) is 7. The largest absolute Gasteiger partial charge is 0.364 e. The maximum Gasteiger partial charge on any atom is 0.270 e. The zero-order valence-corrected chi connectivity index (χ0v) is 20.4. The van der Waals surface area contributed by atoms with E-state index in [1.165, 1.54) is 29.1 Å². The molecule has 0 atom stereocenters. The number of aromatic nitrogens is 5. The summed E-state index contributed by atoms with van der Waals surface area (Å²) in [5, 5.41) is 8.39. The molecule has 0 amide bonds. The number of benzene rings is 2. The van der Waals surface area contributed by atoms with Crippen LogP contribution in [-0.2, 0) is 16.4 Å². The number of sulfone groups is 1. The standard InChI is InChI=1S/C23H14Cl2FN5O4S/c24-14-5-6-15(25)20(9-14)36(33,34)21-11-27-22(28-23(21)32)18-10-19(17-7-8-35-30-17)31(29-18)12-13-3-1-2-4-16(13)26/h1-11H,12H2,(H,27,28,32). The fraction of sp³-hybridized carbons (Fsp3) is 0.0435. The molecule has 0 bridgehead atoms. The third-order valence-corrected chi connectivity index (χ3v) is 7.70. The molecule has 0 saturated heterocycles. The van der Waals surface area contributed by atoms with E-state index >= 15 is 0 Å². The van der Waals surface area contributed by atoms with Crippen LogP contribution in [0.15, 0.2) is 86.2 Å². The Balaban J connectivity index is 1.57. The van der Waals surface area contributed by atoms with Crippen LogP contribution in [0.3, 0.4) is 0 Å². The molecule has 0 aliphatic heterocycles. The van der Waals surface area contributed by atoms with Crippen LogP contribution in [0.1, 0.15) is 5.56 Å². The number of H-pyrrole nitrogens is 1. The predicted octanol–water partition coefficient (Wildman–Crippen LogP) is 4.62. The molecule has 1 N–H and O–H groups in total. The van der Waals surface area contributed by atoms with E-state index in [1.807, 2.05) is 0 Å². The third-order valence-electron chi connectivity index (χ3n) is 5.24. The van der Waals surface area contributed by atoms with Gasteiger partial charge in [0.2, 0.25) is 9.84 Å². The Morgan fingerprint density at radius 2 is 1.83 bits per heavy atom. The van der Waals surface area contributed by atoms with Crippen molar-refractivity contribution >= 4 is 33.0 Å². The highest BCUT2D eigenvalue weighted by molar-refractivity contribution is 7.91. The van der Waals surface area contributed by atoms with Crippen molar-refractivity contribution in [3.63, 3.8) is 0 Å². The third kappa shape index (κ3) is 4.43. The molecule has 36 heavy (non-hydrogen) atoms. The van der Waals surface area contributed by atoms with Crippen LogP contribution in [0.2, 0.25) is 10.0 Å². The first-order chi connectivity index (χ1) is 17.2. The fourth-order valence-corrected chi connectivity index (χ4v) is 5.49. The van der Waals surface area contributed by atoms with Crippen LogP contribution in [0.5, 0.6) is 0 Å². The topological polar surface area (TPSA) is 124 Å². The average Bonchev–Trinajstić information content (AvgIpc) is 3.52. The first-order valence-corrected chi connectivity index (χ1v) is 12.5. The fourth-order valence-electron chi connectivity index (χ4n) is 3.50. The number of halogens is 3. The molecule has 2 aromatic carbocycles. The predicted molar refractivity (Wildman–Crippen MR) is 129 cm³/mol. The molecule has 0 saturated carbocycles. The summed E-state index contributed by atoms with van der Waals surface area (Å²) in [7, 11) is -4.32. The van der Waals surface area contributed by atoms with Gasteiger partial charge in [-0.2, -0.15) is 5.10 Å². The summed E-state index contributed by atoms with van der Waals surface area (Å²) >= 11 is 11.9. The Morgan fingerprint density at radius 1 is 1.03 bits per heavy atom. The lowest BCUT2D eigenvalue weighted by Gasteiger charge is -2.07. The molecule has 5 aromatic rings. The summed E-state index contributed by atoms with van der Waals surface area (Å²) in [4.78, 5) is 18.4. The van der Waals surface area contributed by atoms with Gasteiger partial charge in [0, 0.05) is 16.7 Å². The molecule has 3 heterocycles. The summed E-state index contributed by atoms with van der Waals surface area (Å²) in [5.74, 6) is -0.422. The Morgan fingerprint density at radius 3 is 2.56 bits per heavy atom. The van der Waals surface area contributed by atoms with Crippen molar-refractivity contribution in [1.82, 2.24) is 24.9 Å². The average molecular weight is 546 g/mol. The zero-order chi connectivity index (χ0) is 25.4. The van der Waals surface area contributed by atoms with E-state index in [0.717, 1.165) is 12.3 Å². The van der Waals surface area contributed by atoms with Gasteiger partial charge in [-0.05, 0) is 30.3 Å². The second-order valence-electron chi connectivity index (χ2n) is 7.55. The summed E-state index contributed by atoms with van der Waals surface area (Å²) in [5.41, 5.74) is 0.529. The molecule has 9 nitrogen and oxygen atoms in total. The maximum absolute atomic E-state index is 14.3. The Hall–Kier alpha value is -3.80. The number of rotatable bonds is 6. The Labute approximate surface area is 213 Å². The molecular formula is C23H14Cl2FN5O4S. The number of hydrogen-bond donors (Lipinski definition) is 1. The molecule has 0 aliphatic carbocycles. The molecule has 0 radical (unpaired) electrons. The molecule has 0 unspecified atom stereocenters. The van der Waals surface area contributed by atoms with Crippen molar-refractivity contribution in [2.24, 2.45) is 0 Å². The van der Waals surface area contributed by atoms with Gasteiger partial charge in [0.25, 0.3) is 5.56 Å². The van der Waals surface area contributed by atoms with E-state index < -0.39 is 26.1 Å². The minimum atomic E-state index is -4.32. The lowest BCUT2D eigenvalue weighted by atomic mass is 10.2. The van der Waals surface area contributed by atoms with E-state index in [9.17, 15) is 17.6 Å². The van der Waals surface area contributed by atoms with Crippen molar-refractivity contribution in [2.45, 2.75) is 16.3 Å². The van der Waals surface area contributed by atoms with Gasteiger partial charge < -0.3 is 9.51 Å². The molecule has 0 fully saturated rings. The highest BCUT2D eigenvalue weighted by Gasteiger charge is 2.26. The zero-order valence-electron chi connectivity index (χ0n) is 18.0. The molecule has 3 aromatic heterocycles. The van der Waals surface area contributed by atoms with Crippen LogP contribution in [0, 0.1) is 5.82 Å². The summed E-state index contributed by atoms with van der Waals surface area (Å²) in [6.07, 6.45) is 2.29.